The Bertz CT molecular complexity index is 1020. The van der Waals surface area contributed by atoms with Crippen LogP contribution >= 0.6 is 11.8 Å². The molecule has 1 heterocycles. The molecule has 0 radical (unpaired) electrons. The number of nitrogens with zero attached hydrogens (tertiary/aromatic N) is 2. The van der Waals surface area contributed by atoms with Crippen molar-refractivity contribution in [3.05, 3.63) is 77.6 Å². The van der Waals surface area contributed by atoms with Crippen molar-refractivity contribution in [3.63, 3.8) is 0 Å². The first kappa shape index (κ1) is 20.7. The average molecular weight is 420 g/mol. The van der Waals surface area contributed by atoms with E-state index >= 15 is 0 Å². The van der Waals surface area contributed by atoms with Crippen LogP contribution in [0.25, 0.3) is 0 Å². The van der Waals surface area contributed by atoms with Crippen molar-refractivity contribution in [2.75, 3.05) is 6.61 Å². The molecule has 0 atom stereocenters. The fourth-order valence-corrected chi connectivity index (χ4v) is 3.40. The van der Waals surface area contributed by atoms with E-state index in [0.717, 1.165) is 33.8 Å². The molecule has 9 heteroatoms. The van der Waals surface area contributed by atoms with Gasteiger partial charge in [-0.05, 0) is 43.3 Å². The molecule has 2 aromatic carbocycles. The zero-order valence-electron chi connectivity index (χ0n) is 15.1. The van der Waals surface area contributed by atoms with Gasteiger partial charge in [0.2, 0.25) is 0 Å². The lowest BCUT2D eigenvalue weighted by molar-refractivity contribution is -0.137. The van der Waals surface area contributed by atoms with Gasteiger partial charge in [-0.15, -0.1) is 0 Å². The monoisotopic (exact) mass is 420 g/mol. The van der Waals surface area contributed by atoms with Gasteiger partial charge in [0, 0.05) is 10.5 Å². The topological polar surface area (TPSA) is 61.2 Å². The maximum atomic E-state index is 12.8. The number of carbonyl (C=O) groups excluding carboxylic acids is 2. The van der Waals surface area contributed by atoms with Crippen LogP contribution in [-0.2, 0) is 10.9 Å². The maximum Gasteiger partial charge on any atom is 0.416 e. The van der Waals surface area contributed by atoms with Crippen molar-refractivity contribution in [2.45, 2.75) is 22.9 Å². The molecule has 1 aromatic heterocycles. The number of esters is 1. The van der Waals surface area contributed by atoms with Gasteiger partial charge in [0.25, 0.3) is 5.91 Å². The average Bonchev–Trinajstić information content (AvgIpc) is 3.11. The second-order valence-electron chi connectivity index (χ2n) is 5.79. The summed E-state index contributed by atoms with van der Waals surface area (Å²) in [7, 11) is 0. The molecule has 29 heavy (non-hydrogen) atoms. The van der Waals surface area contributed by atoms with Crippen LogP contribution in [0.15, 0.2) is 70.6 Å². The zero-order chi connectivity index (χ0) is 21.0. The second-order valence-corrected chi connectivity index (χ2v) is 6.90. The number of aromatic nitrogens is 2. The Morgan fingerprint density at radius 1 is 1.07 bits per heavy atom. The molecule has 0 unspecified atom stereocenters. The molecule has 0 amide bonds. The summed E-state index contributed by atoms with van der Waals surface area (Å²) in [6.45, 7) is 1.72. The van der Waals surface area contributed by atoms with Gasteiger partial charge in [-0.2, -0.15) is 23.0 Å². The summed E-state index contributed by atoms with van der Waals surface area (Å²) in [4.78, 5) is 26.5. The fraction of sp³-hybridized carbons (Fsp3) is 0.150. The van der Waals surface area contributed by atoms with E-state index in [-0.39, 0.29) is 17.9 Å². The summed E-state index contributed by atoms with van der Waals surface area (Å²) in [6.07, 6.45) is -3.16. The van der Waals surface area contributed by atoms with Gasteiger partial charge in [0.1, 0.15) is 0 Å². The summed E-state index contributed by atoms with van der Waals surface area (Å²) >= 11 is 1.22. The van der Waals surface area contributed by atoms with Crippen LogP contribution in [0.1, 0.15) is 33.3 Å². The molecule has 0 spiro atoms. The van der Waals surface area contributed by atoms with Gasteiger partial charge < -0.3 is 4.74 Å². The summed E-state index contributed by atoms with van der Waals surface area (Å²) in [5.74, 6) is -1.48. The Kier molecular flexibility index (Phi) is 6.07. The normalized spacial score (nSPS) is 11.3. The van der Waals surface area contributed by atoms with Gasteiger partial charge >= 0.3 is 12.1 Å². The van der Waals surface area contributed by atoms with Gasteiger partial charge in [-0.1, -0.05) is 30.0 Å². The number of ether oxygens (including phenoxy) is 1. The number of hydrogen-bond donors (Lipinski definition) is 0. The van der Waals surface area contributed by atoms with Crippen LogP contribution < -0.4 is 0 Å². The molecule has 5 nitrogen and oxygen atoms in total. The molecule has 0 bridgehead atoms. The smallest absolute Gasteiger partial charge is 0.416 e. The largest absolute Gasteiger partial charge is 0.461 e. The highest BCUT2D eigenvalue weighted by Gasteiger charge is 2.31. The van der Waals surface area contributed by atoms with Crippen molar-refractivity contribution in [1.82, 2.24) is 9.78 Å². The highest BCUT2D eigenvalue weighted by atomic mass is 32.2. The summed E-state index contributed by atoms with van der Waals surface area (Å²) in [5.41, 5.74) is -0.992. The van der Waals surface area contributed by atoms with Crippen molar-refractivity contribution < 1.29 is 27.5 Å². The molecule has 0 saturated heterocycles. The standard InChI is InChI=1S/C20H15F3N2O3S/c1-2-28-19(27)17-16(29-15-6-4-3-5-7-15)12-24-25(17)18(26)13-8-10-14(11-9-13)20(21,22)23/h3-12H,2H2,1H3. The number of halogens is 3. The van der Waals surface area contributed by atoms with Crippen LogP contribution in [-0.4, -0.2) is 28.3 Å². The van der Waals surface area contributed by atoms with Gasteiger partial charge in [-0.3, -0.25) is 4.79 Å². The molecule has 0 aliphatic carbocycles. The minimum Gasteiger partial charge on any atom is -0.461 e. The van der Waals surface area contributed by atoms with E-state index in [2.05, 4.69) is 5.10 Å². The van der Waals surface area contributed by atoms with Crippen molar-refractivity contribution >= 4 is 23.6 Å². The first-order valence-electron chi connectivity index (χ1n) is 8.51. The van der Waals surface area contributed by atoms with E-state index in [9.17, 15) is 22.8 Å². The zero-order valence-corrected chi connectivity index (χ0v) is 16.0. The Morgan fingerprint density at radius 2 is 1.72 bits per heavy atom. The quantitative estimate of drug-likeness (QED) is 0.549. The van der Waals surface area contributed by atoms with E-state index in [1.807, 2.05) is 30.3 Å². The van der Waals surface area contributed by atoms with Crippen LogP contribution in [0.4, 0.5) is 13.2 Å². The predicted octanol–water partition coefficient (Wildman–Crippen LogP) is 4.92. The number of hydrogen-bond acceptors (Lipinski definition) is 5. The molecule has 3 aromatic rings. The Hall–Kier alpha value is -3.07. The first-order chi connectivity index (χ1) is 13.8. The summed E-state index contributed by atoms with van der Waals surface area (Å²) in [6, 6.07) is 12.9. The van der Waals surface area contributed by atoms with Gasteiger partial charge in [0.15, 0.2) is 5.69 Å². The van der Waals surface area contributed by atoms with Gasteiger partial charge in [-0.25, -0.2) is 4.79 Å². The second kappa shape index (κ2) is 8.52. The van der Waals surface area contributed by atoms with Crippen molar-refractivity contribution in [2.24, 2.45) is 0 Å². The lowest BCUT2D eigenvalue weighted by Crippen LogP contribution is -2.21. The van der Waals surface area contributed by atoms with Crippen molar-refractivity contribution in [3.8, 4) is 0 Å². The molecule has 150 valence electrons. The highest BCUT2D eigenvalue weighted by Crippen LogP contribution is 2.32. The number of rotatable bonds is 5. The third kappa shape index (κ3) is 4.68. The minimum atomic E-state index is -4.51. The van der Waals surface area contributed by atoms with E-state index in [1.54, 1.807) is 6.92 Å². The third-order valence-corrected chi connectivity index (χ3v) is 4.85. The molecule has 3 rings (SSSR count). The minimum absolute atomic E-state index is 0.0390. The van der Waals surface area contributed by atoms with E-state index in [1.165, 1.54) is 18.0 Å². The lowest BCUT2D eigenvalue weighted by atomic mass is 10.1. The molecule has 0 saturated carbocycles. The van der Waals surface area contributed by atoms with Crippen LogP contribution in [0.3, 0.4) is 0 Å². The van der Waals surface area contributed by atoms with E-state index < -0.39 is 23.6 Å². The Balaban J connectivity index is 1.97. The van der Waals surface area contributed by atoms with E-state index in [0.29, 0.717) is 4.90 Å². The molecular weight excluding hydrogens is 405 g/mol. The lowest BCUT2D eigenvalue weighted by Gasteiger charge is -2.09. The SMILES string of the molecule is CCOC(=O)c1c(Sc2ccccc2)cnn1C(=O)c1ccc(C(F)(F)F)cc1. The number of benzene rings is 2. The Labute approximate surface area is 168 Å². The molecular formula is C20H15F3N2O3S. The van der Waals surface area contributed by atoms with Gasteiger partial charge in [0.05, 0.1) is 23.3 Å². The summed E-state index contributed by atoms with van der Waals surface area (Å²) in [5, 5.41) is 3.99. The van der Waals surface area contributed by atoms with Crippen LogP contribution in [0.5, 0.6) is 0 Å². The Morgan fingerprint density at radius 3 is 2.31 bits per heavy atom. The van der Waals surface area contributed by atoms with Crippen LogP contribution in [0.2, 0.25) is 0 Å². The fourth-order valence-electron chi connectivity index (χ4n) is 2.49. The first-order valence-corrected chi connectivity index (χ1v) is 9.33. The predicted molar refractivity (Wildman–Crippen MR) is 99.9 cm³/mol. The number of carbonyl (C=O) groups is 2. The third-order valence-electron chi connectivity index (χ3n) is 3.83. The maximum absolute atomic E-state index is 12.8. The molecule has 0 N–H and O–H groups in total. The highest BCUT2D eigenvalue weighted by molar-refractivity contribution is 7.99. The molecule has 0 aliphatic heterocycles. The van der Waals surface area contributed by atoms with E-state index in [4.69, 9.17) is 4.74 Å². The molecule has 0 aliphatic rings. The summed E-state index contributed by atoms with van der Waals surface area (Å²) < 4.78 is 44.1. The van der Waals surface area contributed by atoms with Crippen LogP contribution in [0, 0.1) is 0 Å². The molecule has 0 fully saturated rings. The van der Waals surface area contributed by atoms with Crippen molar-refractivity contribution in [1.29, 1.82) is 0 Å². The number of alkyl halides is 3.